The van der Waals surface area contributed by atoms with E-state index in [4.69, 9.17) is 5.73 Å². The van der Waals surface area contributed by atoms with Gasteiger partial charge in [-0.05, 0) is 26.0 Å². The van der Waals surface area contributed by atoms with Gasteiger partial charge in [-0.3, -0.25) is 9.59 Å². The van der Waals surface area contributed by atoms with Crippen molar-refractivity contribution >= 4 is 27.1 Å². The molecule has 1 aromatic carbocycles. The van der Waals surface area contributed by atoms with Gasteiger partial charge in [0.25, 0.3) is 0 Å². The fraction of sp³-hybridized carbons (Fsp3) is 0.167. The van der Waals surface area contributed by atoms with Gasteiger partial charge in [0, 0.05) is 22.2 Å². The maximum atomic E-state index is 11.8. The molecule has 0 aromatic heterocycles. The summed E-state index contributed by atoms with van der Waals surface area (Å²) in [5, 5.41) is 0.731. The minimum atomic E-state index is -3.81. The van der Waals surface area contributed by atoms with E-state index < -0.39 is 15.6 Å². The topological polar surface area (TPSA) is 94.3 Å². The Bertz CT molecular complexity index is 644. The molecule has 1 rings (SSSR count). The van der Waals surface area contributed by atoms with Crippen LogP contribution in [0.5, 0.6) is 0 Å². The number of ketones is 2. The molecule has 96 valence electrons. The molecule has 18 heavy (non-hydrogen) atoms. The third kappa shape index (κ3) is 2.48. The fourth-order valence-electron chi connectivity index (χ4n) is 1.50. The molecule has 1 aromatic rings. The van der Waals surface area contributed by atoms with E-state index in [1.165, 1.54) is 19.9 Å². The summed E-state index contributed by atoms with van der Waals surface area (Å²) in [4.78, 5) is 22.5. The van der Waals surface area contributed by atoms with Crippen LogP contribution in [-0.2, 0) is 9.84 Å². The number of hydrogen-bond donors (Lipinski definition) is 1. The Morgan fingerprint density at radius 1 is 1.17 bits per heavy atom. The lowest BCUT2D eigenvalue weighted by Gasteiger charge is -2.10. The molecular weight excluding hydrogens is 254 g/mol. The van der Waals surface area contributed by atoms with Crippen molar-refractivity contribution in [1.29, 1.82) is 0 Å². The molecule has 0 heterocycles. The maximum absolute atomic E-state index is 11.8. The zero-order valence-corrected chi connectivity index (χ0v) is 10.9. The molecule has 6 heteroatoms. The fourth-order valence-corrected chi connectivity index (χ4v) is 2.47. The molecule has 0 amide bonds. The molecule has 0 aliphatic rings. The molecule has 0 radical (unpaired) electrons. The van der Waals surface area contributed by atoms with Gasteiger partial charge in [0.15, 0.2) is 21.4 Å². The highest BCUT2D eigenvalue weighted by molar-refractivity contribution is 7.94. The summed E-state index contributed by atoms with van der Waals surface area (Å²) in [5.41, 5.74) is 5.73. The van der Waals surface area contributed by atoms with E-state index >= 15 is 0 Å². The Labute approximate surface area is 105 Å². The molecule has 0 aliphatic carbocycles. The molecule has 2 N–H and O–H groups in total. The smallest absolute Gasteiger partial charge is 0.199 e. The van der Waals surface area contributed by atoms with Crippen molar-refractivity contribution < 1.29 is 18.0 Å². The van der Waals surface area contributed by atoms with Crippen LogP contribution in [0, 0.1) is 0 Å². The van der Waals surface area contributed by atoms with E-state index in [0.717, 1.165) is 11.5 Å². The molecule has 5 nitrogen and oxygen atoms in total. The van der Waals surface area contributed by atoms with Gasteiger partial charge in [0.1, 0.15) is 0 Å². The number of rotatable bonds is 4. The number of hydrogen-bond acceptors (Lipinski definition) is 5. The number of anilines is 1. The van der Waals surface area contributed by atoms with Crippen molar-refractivity contribution in [2.75, 3.05) is 5.73 Å². The number of benzene rings is 1. The van der Waals surface area contributed by atoms with Gasteiger partial charge in [-0.1, -0.05) is 6.58 Å². The molecule has 0 saturated carbocycles. The average molecular weight is 267 g/mol. The largest absolute Gasteiger partial charge is 0.398 e. The summed E-state index contributed by atoms with van der Waals surface area (Å²) in [6, 6.07) is 2.32. The number of Topliss-reactive ketones (excluding diaryl/α,β-unsaturated/α-hetero) is 2. The van der Waals surface area contributed by atoms with Gasteiger partial charge >= 0.3 is 0 Å². The van der Waals surface area contributed by atoms with Crippen LogP contribution in [0.1, 0.15) is 34.6 Å². The number of nitrogens with two attached hydrogens (primary N) is 1. The van der Waals surface area contributed by atoms with Crippen molar-refractivity contribution in [3.8, 4) is 0 Å². The van der Waals surface area contributed by atoms with Crippen LogP contribution in [0.4, 0.5) is 5.69 Å². The number of sulfone groups is 1. The molecule has 0 atom stereocenters. The predicted molar refractivity (Wildman–Crippen MR) is 68.2 cm³/mol. The SMILES string of the molecule is C=CS(=O)(=O)c1cc(C(C)=O)c(N)cc1C(C)=O. The Morgan fingerprint density at radius 2 is 1.67 bits per heavy atom. The second-order valence-electron chi connectivity index (χ2n) is 3.76. The van der Waals surface area contributed by atoms with Crippen LogP contribution in [0.2, 0.25) is 0 Å². The van der Waals surface area contributed by atoms with Crippen LogP contribution in [0.15, 0.2) is 29.0 Å². The summed E-state index contributed by atoms with van der Waals surface area (Å²) in [5.74, 6) is -0.819. The van der Waals surface area contributed by atoms with Crippen molar-refractivity contribution in [2.24, 2.45) is 0 Å². The first-order valence-corrected chi connectivity index (χ1v) is 6.58. The monoisotopic (exact) mass is 267 g/mol. The number of nitrogen functional groups attached to an aromatic ring is 1. The van der Waals surface area contributed by atoms with Gasteiger partial charge in [-0.2, -0.15) is 0 Å². The average Bonchev–Trinajstić information content (AvgIpc) is 2.27. The van der Waals surface area contributed by atoms with Gasteiger partial charge in [0.05, 0.1) is 4.90 Å². The summed E-state index contributed by atoms with van der Waals surface area (Å²) < 4.78 is 23.6. The van der Waals surface area contributed by atoms with Crippen LogP contribution in [0.25, 0.3) is 0 Å². The summed E-state index contributed by atoms with van der Waals surface area (Å²) >= 11 is 0. The third-order valence-corrected chi connectivity index (χ3v) is 3.83. The Hall–Kier alpha value is -1.95. The lowest BCUT2D eigenvalue weighted by atomic mass is 10.0. The molecule has 0 unspecified atom stereocenters. The highest BCUT2D eigenvalue weighted by Gasteiger charge is 2.21. The van der Waals surface area contributed by atoms with Crippen LogP contribution < -0.4 is 5.73 Å². The van der Waals surface area contributed by atoms with Crippen LogP contribution in [0.3, 0.4) is 0 Å². The second kappa shape index (κ2) is 4.73. The van der Waals surface area contributed by atoms with Crippen molar-refractivity contribution in [3.63, 3.8) is 0 Å². The summed E-state index contributed by atoms with van der Waals surface area (Å²) in [7, 11) is -3.81. The Morgan fingerprint density at radius 3 is 2.06 bits per heavy atom. The van der Waals surface area contributed by atoms with Gasteiger partial charge < -0.3 is 5.73 Å². The van der Waals surface area contributed by atoms with E-state index in [-0.39, 0.29) is 27.5 Å². The first-order chi connectivity index (χ1) is 8.20. The maximum Gasteiger partial charge on any atom is 0.199 e. The van der Waals surface area contributed by atoms with E-state index in [1.54, 1.807) is 0 Å². The van der Waals surface area contributed by atoms with Crippen molar-refractivity contribution in [1.82, 2.24) is 0 Å². The predicted octanol–water partition coefficient (Wildman–Crippen LogP) is 1.59. The highest BCUT2D eigenvalue weighted by atomic mass is 32.2. The highest BCUT2D eigenvalue weighted by Crippen LogP contribution is 2.25. The first kappa shape index (κ1) is 14.1. The summed E-state index contributed by atoms with van der Waals surface area (Å²) in [6.45, 7) is 5.68. The second-order valence-corrected chi connectivity index (χ2v) is 5.62. The molecule has 0 spiro atoms. The normalized spacial score (nSPS) is 11.0. The lowest BCUT2D eigenvalue weighted by Crippen LogP contribution is -2.10. The van der Waals surface area contributed by atoms with E-state index in [0.29, 0.717) is 0 Å². The van der Waals surface area contributed by atoms with Crippen molar-refractivity contribution in [3.05, 3.63) is 35.2 Å². The van der Waals surface area contributed by atoms with Crippen LogP contribution >= 0.6 is 0 Å². The lowest BCUT2D eigenvalue weighted by molar-refractivity contribution is 0.0999. The standard InChI is InChI=1S/C12H13NO4S/c1-4-18(16,17)12-6-9(7(2)14)11(13)5-10(12)8(3)15/h4-6H,1,13H2,2-3H3. The molecule has 0 bridgehead atoms. The zero-order valence-electron chi connectivity index (χ0n) is 10.1. The first-order valence-electron chi connectivity index (χ1n) is 5.03. The quantitative estimate of drug-likeness (QED) is 0.660. The Balaban J connectivity index is 3.77. The van der Waals surface area contributed by atoms with Gasteiger partial charge in [-0.15, -0.1) is 0 Å². The van der Waals surface area contributed by atoms with Gasteiger partial charge in [-0.25, -0.2) is 8.42 Å². The minimum absolute atomic E-state index is 0.0441. The Kier molecular flexibility index (Phi) is 3.71. The van der Waals surface area contributed by atoms with Crippen molar-refractivity contribution in [2.45, 2.75) is 18.7 Å². The minimum Gasteiger partial charge on any atom is -0.398 e. The number of carbonyl (C=O) groups excluding carboxylic acids is 2. The molecule has 0 aliphatic heterocycles. The zero-order chi connectivity index (χ0) is 14.1. The van der Waals surface area contributed by atoms with E-state index in [9.17, 15) is 18.0 Å². The molecule has 0 saturated heterocycles. The third-order valence-electron chi connectivity index (χ3n) is 2.44. The molecular formula is C12H13NO4S. The molecule has 0 fully saturated rings. The van der Waals surface area contributed by atoms with E-state index in [2.05, 4.69) is 6.58 Å². The van der Waals surface area contributed by atoms with Crippen LogP contribution in [-0.4, -0.2) is 20.0 Å². The number of carbonyl (C=O) groups is 2. The van der Waals surface area contributed by atoms with Gasteiger partial charge in [0.2, 0.25) is 0 Å². The van der Waals surface area contributed by atoms with E-state index in [1.807, 2.05) is 0 Å². The summed E-state index contributed by atoms with van der Waals surface area (Å²) in [6.07, 6.45) is 0.